The second-order valence-electron chi connectivity index (χ2n) is 6.25. The van der Waals surface area contributed by atoms with Gasteiger partial charge in [0.25, 0.3) is 0 Å². The third kappa shape index (κ3) is 5.08. The summed E-state index contributed by atoms with van der Waals surface area (Å²) in [4.78, 5) is 0. The third-order valence-corrected chi connectivity index (χ3v) is 6.92. The van der Waals surface area contributed by atoms with Crippen LogP contribution in [0.15, 0.2) is 30.3 Å². The average Bonchev–Trinajstić information content (AvgIpc) is 2.49. The van der Waals surface area contributed by atoms with Crippen molar-refractivity contribution in [1.82, 2.24) is 4.72 Å². The van der Waals surface area contributed by atoms with Crippen molar-refractivity contribution in [2.45, 2.75) is 44.6 Å². The van der Waals surface area contributed by atoms with Gasteiger partial charge in [-0.05, 0) is 43.6 Å². The minimum absolute atomic E-state index is 0.154. The first kappa shape index (κ1) is 17.0. The van der Waals surface area contributed by atoms with Gasteiger partial charge in [0.05, 0.1) is 5.75 Å². The fourth-order valence-corrected chi connectivity index (χ4v) is 5.28. The molecule has 1 aliphatic rings. The summed E-state index contributed by atoms with van der Waals surface area (Å²) in [5.74, 6) is 0.854. The zero-order valence-corrected chi connectivity index (χ0v) is 14.9. The fourth-order valence-electron chi connectivity index (χ4n) is 2.86. The molecule has 1 fully saturated rings. The Labute approximate surface area is 136 Å². The summed E-state index contributed by atoms with van der Waals surface area (Å²) in [6, 6.07) is 9.77. The largest absolute Gasteiger partial charge is 0.212 e. The van der Waals surface area contributed by atoms with Crippen molar-refractivity contribution in [2.75, 3.05) is 11.1 Å². The Kier molecular flexibility index (Phi) is 5.86. The molecule has 0 atom stereocenters. The van der Waals surface area contributed by atoms with Crippen molar-refractivity contribution in [1.29, 1.82) is 0 Å². The Hall–Kier alpha value is -0.390. The van der Waals surface area contributed by atoms with Gasteiger partial charge in [-0.3, -0.25) is 0 Å². The van der Waals surface area contributed by atoms with E-state index >= 15 is 0 Å². The van der Waals surface area contributed by atoms with Crippen molar-refractivity contribution >= 4 is 26.0 Å². The van der Waals surface area contributed by atoms with Crippen molar-refractivity contribution in [2.24, 2.45) is 5.92 Å². The smallest absolute Gasteiger partial charge is 0.212 e. The maximum atomic E-state index is 12.4. The van der Waals surface area contributed by atoms with Crippen LogP contribution in [0.5, 0.6) is 0 Å². The van der Waals surface area contributed by atoms with Gasteiger partial charge in [0.15, 0.2) is 0 Å². The van der Waals surface area contributed by atoms with E-state index in [1.165, 1.54) is 0 Å². The first-order valence-electron chi connectivity index (χ1n) is 7.56. The Morgan fingerprint density at radius 3 is 2.43 bits per heavy atom. The van der Waals surface area contributed by atoms with Gasteiger partial charge < -0.3 is 0 Å². The van der Waals surface area contributed by atoms with Crippen molar-refractivity contribution in [3.63, 3.8) is 0 Å². The fraction of sp³-hybridized carbons (Fsp3) is 0.625. The molecule has 0 bridgehead atoms. The van der Waals surface area contributed by atoms with Crippen molar-refractivity contribution in [3.8, 4) is 0 Å². The predicted molar refractivity (Wildman–Crippen MR) is 91.2 cm³/mol. The molecule has 0 amide bonds. The molecule has 0 heterocycles. The molecule has 0 saturated heterocycles. The Morgan fingerprint density at radius 2 is 1.86 bits per heavy atom. The molecule has 0 aromatic heterocycles. The van der Waals surface area contributed by atoms with Gasteiger partial charge >= 0.3 is 0 Å². The van der Waals surface area contributed by atoms with E-state index in [2.05, 4.69) is 27.6 Å². The lowest BCUT2D eigenvalue weighted by molar-refractivity contribution is 0.250. The lowest BCUT2D eigenvalue weighted by atomic mass is 9.79. The summed E-state index contributed by atoms with van der Waals surface area (Å²) in [5, 5.41) is 0.692. The third-order valence-electron chi connectivity index (χ3n) is 4.36. The van der Waals surface area contributed by atoms with Crippen LogP contribution in [0.2, 0.25) is 0 Å². The molecule has 1 aromatic rings. The number of sulfonamides is 1. The monoisotopic (exact) mass is 373 g/mol. The Balaban J connectivity index is 1.96. The number of nitrogens with one attached hydrogen (secondary N) is 1. The van der Waals surface area contributed by atoms with Crippen LogP contribution in [0.25, 0.3) is 0 Å². The van der Waals surface area contributed by atoms with Gasteiger partial charge in [-0.25, -0.2) is 13.1 Å². The summed E-state index contributed by atoms with van der Waals surface area (Å²) in [7, 11) is -3.25. The molecule has 5 heteroatoms. The molecule has 0 radical (unpaired) electrons. The van der Waals surface area contributed by atoms with E-state index in [1.807, 2.05) is 30.3 Å². The molecule has 0 unspecified atom stereocenters. The van der Waals surface area contributed by atoms with E-state index in [1.54, 1.807) is 0 Å². The topological polar surface area (TPSA) is 46.2 Å². The van der Waals surface area contributed by atoms with Gasteiger partial charge in [-0.2, -0.15) is 0 Å². The highest BCUT2D eigenvalue weighted by Crippen LogP contribution is 2.33. The number of halogens is 1. The normalized spacial score (nSPS) is 26.7. The summed E-state index contributed by atoms with van der Waals surface area (Å²) in [6.07, 6.45) is 4.58. The van der Waals surface area contributed by atoms with Crippen LogP contribution < -0.4 is 4.72 Å². The highest BCUT2D eigenvalue weighted by atomic mass is 79.9. The van der Waals surface area contributed by atoms with Crippen LogP contribution >= 0.6 is 15.9 Å². The van der Waals surface area contributed by atoms with Gasteiger partial charge in [0.1, 0.15) is 0 Å². The summed E-state index contributed by atoms with van der Waals surface area (Å²) < 4.78 is 27.7. The highest BCUT2D eigenvalue weighted by Gasteiger charge is 2.36. The van der Waals surface area contributed by atoms with Gasteiger partial charge in [0.2, 0.25) is 10.0 Å². The van der Waals surface area contributed by atoms with Crippen LogP contribution in [0, 0.1) is 5.92 Å². The number of rotatable bonds is 6. The van der Waals surface area contributed by atoms with Crippen molar-refractivity contribution in [3.05, 3.63) is 35.9 Å². The second kappa shape index (κ2) is 7.25. The first-order valence-corrected chi connectivity index (χ1v) is 10.3. The van der Waals surface area contributed by atoms with Crippen LogP contribution in [-0.4, -0.2) is 25.0 Å². The van der Waals surface area contributed by atoms with E-state index in [9.17, 15) is 8.42 Å². The number of hydrogen-bond acceptors (Lipinski definition) is 2. The standard InChI is InChI=1S/C16H24BrNO2S/c1-14-7-10-16(13-17,11-8-14)18-21(19,20)12-9-15-5-3-2-4-6-15/h2-6,14,18H,7-13H2,1H3. The molecule has 0 spiro atoms. The number of aryl methyl sites for hydroxylation is 1. The molecule has 118 valence electrons. The van der Waals surface area contributed by atoms with Gasteiger partial charge in [-0.1, -0.05) is 53.2 Å². The molecule has 1 aliphatic carbocycles. The minimum atomic E-state index is -3.25. The molecule has 21 heavy (non-hydrogen) atoms. The molecule has 2 rings (SSSR count). The summed E-state index contributed by atoms with van der Waals surface area (Å²) in [6.45, 7) is 2.24. The zero-order chi connectivity index (χ0) is 15.3. The Morgan fingerprint density at radius 1 is 1.24 bits per heavy atom. The average molecular weight is 374 g/mol. The second-order valence-corrected chi connectivity index (χ2v) is 8.66. The number of hydrogen-bond donors (Lipinski definition) is 1. The van der Waals surface area contributed by atoms with Crippen LogP contribution in [0.3, 0.4) is 0 Å². The van der Waals surface area contributed by atoms with Crippen molar-refractivity contribution < 1.29 is 8.42 Å². The van der Waals surface area contributed by atoms with E-state index in [-0.39, 0.29) is 11.3 Å². The maximum Gasteiger partial charge on any atom is 0.212 e. The minimum Gasteiger partial charge on any atom is -0.212 e. The van der Waals surface area contributed by atoms with Crippen LogP contribution in [0.4, 0.5) is 0 Å². The molecule has 1 N–H and O–H groups in total. The number of alkyl halides is 1. The van der Waals surface area contributed by atoms with Crippen LogP contribution in [-0.2, 0) is 16.4 Å². The molecular weight excluding hydrogens is 350 g/mol. The molecule has 0 aliphatic heterocycles. The van der Waals surface area contributed by atoms with Gasteiger partial charge in [-0.15, -0.1) is 0 Å². The lowest BCUT2D eigenvalue weighted by Crippen LogP contribution is -2.52. The summed E-state index contributed by atoms with van der Waals surface area (Å²) in [5.41, 5.74) is 0.773. The van der Waals surface area contributed by atoms with E-state index in [0.717, 1.165) is 31.2 Å². The molecule has 1 aromatic carbocycles. The van der Waals surface area contributed by atoms with E-state index in [0.29, 0.717) is 17.7 Å². The Bertz CT molecular complexity index is 537. The molecule has 3 nitrogen and oxygen atoms in total. The van der Waals surface area contributed by atoms with E-state index < -0.39 is 10.0 Å². The lowest BCUT2D eigenvalue weighted by Gasteiger charge is -2.38. The predicted octanol–water partition coefficient (Wildman–Crippen LogP) is 3.49. The van der Waals surface area contributed by atoms with Crippen LogP contribution in [0.1, 0.15) is 38.2 Å². The SMILES string of the molecule is CC1CCC(CBr)(NS(=O)(=O)CCc2ccccc2)CC1. The number of benzene rings is 1. The zero-order valence-electron chi connectivity index (χ0n) is 12.5. The first-order chi connectivity index (χ1) is 9.95. The quantitative estimate of drug-likeness (QED) is 0.775. The molecular formula is C16H24BrNO2S. The highest BCUT2D eigenvalue weighted by molar-refractivity contribution is 9.09. The van der Waals surface area contributed by atoms with E-state index in [4.69, 9.17) is 0 Å². The van der Waals surface area contributed by atoms with Gasteiger partial charge in [0, 0.05) is 10.9 Å². The summed E-state index contributed by atoms with van der Waals surface area (Å²) >= 11 is 3.51. The molecule has 1 saturated carbocycles. The maximum absolute atomic E-state index is 12.4.